The lowest BCUT2D eigenvalue weighted by Gasteiger charge is -2.23. The molecule has 0 aliphatic carbocycles. The molecule has 1 fully saturated rings. The molecule has 0 radical (unpaired) electrons. The van der Waals surface area contributed by atoms with Crippen molar-refractivity contribution in [2.24, 2.45) is 0 Å². The number of halogens is 2. The Kier molecular flexibility index (Phi) is 4.88. The van der Waals surface area contributed by atoms with E-state index < -0.39 is 11.6 Å². The van der Waals surface area contributed by atoms with Crippen molar-refractivity contribution in [1.82, 2.24) is 4.90 Å². The molecule has 2 rings (SSSR count). The Hall–Kier alpha value is -1.98. The third-order valence-electron chi connectivity index (χ3n) is 3.60. The Morgan fingerprint density at radius 2 is 1.86 bits per heavy atom. The molecule has 0 bridgehead atoms. The molecule has 0 unspecified atom stereocenters. The third kappa shape index (κ3) is 3.77. The maximum Gasteiger partial charge on any atom is 0.224 e. The molecule has 0 saturated carbocycles. The van der Waals surface area contributed by atoms with Crippen molar-refractivity contribution in [2.45, 2.75) is 26.2 Å². The number of hydrogen-bond donors (Lipinski definition) is 0. The van der Waals surface area contributed by atoms with Crippen LogP contribution in [0.25, 0.3) is 0 Å². The van der Waals surface area contributed by atoms with Gasteiger partial charge in [-0.05, 0) is 25.0 Å². The second-order valence-electron chi connectivity index (χ2n) is 5.11. The summed E-state index contributed by atoms with van der Waals surface area (Å²) in [6.45, 7) is 3.01. The van der Waals surface area contributed by atoms with Crippen molar-refractivity contribution in [3.8, 4) is 0 Å². The van der Waals surface area contributed by atoms with Gasteiger partial charge in [0, 0.05) is 44.7 Å². The van der Waals surface area contributed by atoms with Crippen LogP contribution in [0.3, 0.4) is 0 Å². The summed E-state index contributed by atoms with van der Waals surface area (Å²) in [4.78, 5) is 26.7. The van der Waals surface area contributed by atoms with Crippen LogP contribution in [0.1, 0.15) is 26.2 Å². The normalized spacial score (nSPS) is 14.3. The van der Waals surface area contributed by atoms with Crippen molar-refractivity contribution in [3.05, 3.63) is 29.8 Å². The third-order valence-corrected chi connectivity index (χ3v) is 3.60. The lowest BCUT2D eigenvalue weighted by molar-refractivity contribution is -0.129. The summed E-state index contributed by atoms with van der Waals surface area (Å²) in [6.07, 6.45) is 2.19. The summed E-state index contributed by atoms with van der Waals surface area (Å²) < 4.78 is 26.2. The summed E-state index contributed by atoms with van der Waals surface area (Å²) in [7, 11) is 0. The Bertz CT molecular complexity index is 542. The van der Waals surface area contributed by atoms with Crippen molar-refractivity contribution in [1.29, 1.82) is 0 Å². The van der Waals surface area contributed by atoms with Crippen LogP contribution >= 0.6 is 0 Å². The fourth-order valence-corrected chi connectivity index (χ4v) is 2.45. The van der Waals surface area contributed by atoms with E-state index in [0.717, 1.165) is 38.1 Å². The number of anilines is 1. The first-order valence-corrected chi connectivity index (χ1v) is 7.00. The van der Waals surface area contributed by atoms with Gasteiger partial charge in [-0.2, -0.15) is 0 Å². The van der Waals surface area contributed by atoms with E-state index in [1.165, 1.54) is 17.9 Å². The molecule has 0 atom stereocenters. The van der Waals surface area contributed by atoms with E-state index in [4.69, 9.17) is 0 Å². The summed E-state index contributed by atoms with van der Waals surface area (Å²) in [6, 6.07) is 3.28. The van der Waals surface area contributed by atoms with E-state index in [-0.39, 0.29) is 30.5 Å². The molecule has 0 aromatic heterocycles. The Labute approximate surface area is 122 Å². The molecule has 1 aromatic carbocycles. The molecule has 114 valence electrons. The Balaban J connectivity index is 2.03. The largest absolute Gasteiger partial charge is 0.343 e. The number of likely N-dealkylation sites (tertiary alicyclic amines) is 1. The van der Waals surface area contributed by atoms with Gasteiger partial charge in [0.15, 0.2) is 11.6 Å². The summed E-state index contributed by atoms with van der Waals surface area (Å²) >= 11 is 0. The highest BCUT2D eigenvalue weighted by atomic mass is 19.2. The van der Waals surface area contributed by atoms with Crippen LogP contribution in [0, 0.1) is 11.6 Å². The molecule has 1 aromatic rings. The predicted molar refractivity (Wildman–Crippen MR) is 74.8 cm³/mol. The SMILES string of the molecule is CC(=O)N(CCC(=O)N1CCCC1)c1ccc(F)c(F)c1. The molecule has 21 heavy (non-hydrogen) atoms. The first-order chi connectivity index (χ1) is 9.99. The average molecular weight is 296 g/mol. The van der Waals surface area contributed by atoms with Gasteiger partial charge in [-0.15, -0.1) is 0 Å². The highest BCUT2D eigenvalue weighted by Gasteiger charge is 2.20. The zero-order valence-corrected chi connectivity index (χ0v) is 11.9. The predicted octanol–water partition coefficient (Wildman–Crippen LogP) is 2.33. The van der Waals surface area contributed by atoms with Gasteiger partial charge < -0.3 is 9.80 Å². The molecule has 1 aliphatic heterocycles. The number of hydrogen-bond acceptors (Lipinski definition) is 2. The maximum atomic E-state index is 13.3. The van der Waals surface area contributed by atoms with Gasteiger partial charge in [0.25, 0.3) is 0 Å². The monoisotopic (exact) mass is 296 g/mol. The lowest BCUT2D eigenvalue weighted by Crippen LogP contribution is -2.35. The number of nitrogens with zero attached hydrogens (tertiary/aromatic N) is 2. The van der Waals surface area contributed by atoms with Crippen LogP contribution in [-0.2, 0) is 9.59 Å². The maximum absolute atomic E-state index is 13.3. The van der Waals surface area contributed by atoms with Crippen molar-refractivity contribution in [2.75, 3.05) is 24.5 Å². The molecule has 1 saturated heterocycles. The van der Waals surface area contributed by atoms with Crippen LogP contribution in [0.4, 0.5) is 14.5 Å². The van der Waals surface area contributed by atoms with Crippen LogP contribution in [-0.4, -0.2) is 36.3 Å². The molecular formula is C15H18F2N2O2. The number of amides is 2. The quantitative estimate of drug-likeness (QED) is 0.855. The summed E-state index contributed by atoms with van der Waals surface area (Å²) in [5.41, 5.74) is 0.260. The second kappa shape index (κ2) is 6.65. The van der Waals surface area contributed by atoms with Gasteiger partial charge >= 0.3 is 0 Å². The van der Waals surface area contributed by atoms with E-state index >= 15 is 0 Å². The van der Waals surface area contributed by atoms with Crippen LogP contribution < -0.4 is 4.90 Å². The van der Waals surface area contributed by atoms with Gasteiger partial charge in [0.1, 0.15) is 0 Å². The number of carbonyl (C=O) groups excluding carboxylic acids is 2. The van der Waals surface area contributed by atoms with Gasteiger partial charge in [-0.1, -0.05) is 0 Å². The van der Waals surface area contributed by atoms with Crippen molar-refractivity contribution in [3.63, 3.8) is 0 Å². The summed E-state index contributed by atoms with van der Waals surface area (Å²) in [5, 5.41) is 0. The van der Waals surface area contributed by atoms with E-state index in [1.54, 1.807) is 4.90 Å². The number of carbonyl (C=O) groups is 2. The van der Waals surface area contributed by atoms with Gasteiger partial charge in [0.05, 0.1) is 0 Å². The van der Waals surface area contributed by atoms with Gasteiger partial charge in [-0.3, -0.25) is 9.59 Å². The van der Waals surface area contributed by atoms with Crippen LogP contribution in [0.2, 0.25) is 0 Å². The fraction of sp³-hybridized carbons (Fsp3) is 0.467. The molecule has 0 spiro atoms. The molecule has 4 nitrogen and oxygen atoms in total. The van der Waals surface area contributed by atoms with Crippen molar-refractivity contribution >= 4 is 17.5 Å². The lowest BCUT2D eigenvalue weighted by atomic mass is 10.2. The van der Waals surface area contributed by atoms with Gasteiger partial charge in [0.2, 0.25) is 11.8 Å². The molecular weight excluding hydrogens is 278 g/mol. The highest BCUT2D eigenvalue weighted by molar-refractivity contribution is 5.92. The molecule has 1 heterocycles. The van der Waals surface area contributed by atoms with Crippen LogP contribution in [0.5, 0.6) is 0 Å². The van der Waals surface area contributed by atoms with Gasteiger partial charge in [-0.25, -0.2) is 8.78 Å². The van der Waals surface area contributed by atoms with E-state index in [0.29, 0.717) is 0 Å². The fourth-order valence-electron chi connectivity index (χ4n) is 2.45. The standard InChI is InChI=1S/C15H18F2N2O2/c1-11(20)19(12-4-5-13(16)14(17)10-12)9-6-15(21)18-7-2-3-8-18/h4-5,10H,2-3,6-9H2,1H3. The highest BCUT2D eigenvalue weighted by Crippen LogP contribution is 2.19. The number of rotatable bonds is 4. The van der Waals surface area contributed by atoms with Crippen LogP contribution in [0.15, 0.2) is 18.2 Å². The van der Waals surface area contributed by atoms with Crippen molar-refractivity contribution < 1.29 is 18.4 Å². The average Bonchev–Trinajstić information content (AvgIpc) is 2.96. The number of benzene rings is 1. The topological polar surface area (TPSA) is 40.6 Å². The minimum absolute atomic E-state index is 0.0127. The first kappa shape index (κ1) is 15.4. The van der Waals surface area contributed by atoms with E-state index in [2.05, 4.69) is 0 Å². The summed E-state index contributed by atoms with van der Waals surface area (Å²) in [5.74, 6) is -2.29. The zero-order chi connectivity index (χ0) is 15.4. The van der Waals surface area contributed by atoms with E-state index in [9.17, 15) is 18.4 Å². The minimum atomic E-state index is -1.01. The Morgan fingerprint density at radius 3 is 2.43 bits per heavy atom. The molecule has 0 N–H and O–H groups in total. The molecule has 2 amide bonds. The zero-order valence-electron chi connectivity index (χ0n) is 11.9. The Morgan fingerprint density at radius 1 is 1.19 bits per heavy atom. The van der Waals surface area contributed by atoms with E-state index in [1.807, 2.05) is 0 Å². The molecule has 6 heteroatoms. The second-order valence-corrected chi connectivity index (χ2v) is 5.11. The molecule has 1 aliphatic rings. The smallest absolute Gasteiger partial charge is 0.224 e. The first-order valence-electron chi connectivity index (χ1n) is 7.00. The minimum Gasteiger partial charge on any atom is -0.343 e.